The van der Waals surface area contributed by atoms with E-state index in [1.165, 1.54) is 18.2 Å². The van der Waals surface area contributed by atoms with Crippen molar-refractivity contribution in [3.8, 4) is 11.3 Å². The molecular formula is C23H22FN7O. The number of nitrogens with zero attached hydrogens (tertiary/aromatic N) is 6. The van der Waals surface area contributed by atoms with Crippen molar-refractivity contribution in [1.82, 2.24) is 30.0 Å². The average molecular weight is 431 g/mol. The molecule has 0 fully saturated rings. The van der Waals surface area contributed by atoms with Crippen molar-refractivity contribution in [2.45, 2.75) is 19.9 Å². The monoisotopic (exact) mass is 431 g/mol. The lowest BCUT2D eigenvalue weighted by Crippen LogP contribution is -2.07. The van der Waals surface area contributed by atoms with Crippen LogP contribution in [0.15, 0.2) is 60.8 Å². The van der Waals surface area contributed by atoms with Crippen LogP contribution in [0, 0.1) is 5.82 Å². The van der Waals surface area contributed by atoms with E-state index >= 15 is 0 Å². The average Bonchev–Trinajstić information content (AvgIpc) is 3.40. The summed E-state index contributed by atoms with van der Waals surface area (Å²) < 4.78 is 14.9. The molecule has 32 heavy (non-hydrogen) atoms. The van der Waals surface area contributed by atoms with Gasteiger partial charge in [0.2, 0.25) is 5.91 Å². The van der Waals surface area contributed by atoms with Gasteiger partial charge in [-0.05, 0) is 60.2 Å². The summed E-state index contributed by atoms with van der Waals surface area (Å²) in [6.07, 6.45) is 5.38. The van der Waals surface area contributed by atoms with E-state index in [1.54, 1.807) is 40.9 Å². The van der Waals surface area contributed by atoms with Crippen LogP contribution in [0.5, 0.6) is 0 Å². The summed E-state index contributed by atoms with van der Waals surface area (Å²) in [5, 5.41) is 19.3. The third kappa shape index (κ3) is 4.94. The number of hydrogen-bond donors (Lipinski definition) is 1. The van der Waals surface area contributed by atoms with Gasteiger partial charge in [0.25, 0.3) is 0 Å². The van der Waals surface area contributed by atoms with Crippen molar-refractivity contribution >= 4 is 17.7 Å². The van der Waals surface area contributed by atoms with Crippen molar-refractivity contribution in [1.29, 1.82) is 0 Å². The van der Waals surface area contributed by atoms with Gasteiger partial charge in [0.1, 0.15) is 5.82 Å². The minimum atomic E-state index is -0.304. The van der Waals surface area contributed by atoms with Crippen LogP contribution in [0.2, 0.25) is 0 Å². The summed E-state index contributed by atoms with van der Waals surface area (Å²) >= 11 is 0. The van der Waals surface area contributed by atoms with Crippen LogP contribution in [0.25, 0.3) is 17.3 Å². The smallest absolute Gasteiger partial charge is 0.248 e. The highest BCUT2D eigenvalue weighted by Crippen LogP contribution is 2.24. The summed E-state index contributed by atoms with van der Waals surface area (Å²) in [5.41, 5.74) is 4.08. The number of carbonyl (C=O) groups is 1. The molecule has 1 amide bonds. The lowest BCUT2D eigenvalue weighted by molar-refractivity contribution is -0.111. The quantitative estimate of drug-likeness (QED) is 0.453. The molecule has 162 valence electrons. The van der Waals surface area contributed by atoms with Crippen molar-refractivity contribution in [2.75, 3.05) is 5.32 Å². The first-order chi connectivity index (χ1) is 15.5. The SMILES string of the molecule is CCn1nnc(Cc2ccc(NC(=O)C=Cc3cnn(C)c3-c3ccc(F)cc3)cc2)n1. The normalized spacial score (nSPS) is 11.2. The Kier molecular flexibility index (Phi) is 6.16. The van der Waals surface area contributed by atoms with E-state index in [-0.39, 0.29) is 11.7 Å². The lowest BCUT2D eigenvalue weighted by atomic mass is 10.1. The van der Waals surface area contributed by atoms with Crippen molar-refractivity contribution in [3.63, 3.8) is 0 Å². The van der Waals surface area contributed by atoms with Crippen LogP contribution in [-0.4, -0.2) is 35.9 Å². The summed E-state index contributed by atoms with van der Waals surface area (Å²) in [5.74, 6) is 0.0844. The highest BCUT2D eigenvalue weighted by molar-refractivity contribution is 6.02. The Morgan fingerprint density at radius 1 is 1.12 bits per heavy atom. The number of halogens is 1. The maximum absolute atomic E-state index is 13.2. The van der Waals surface area contributed by atoms with Crippen LogP contribution >= 0.6 is 0 Å². The van der Waals surface area contributed by atoms with E-state index in [0.29, 0.717) is 24.5 Å². The predicted octanol–water partition coefficient (Wildman–Crippen LogP) is 3.48. The fraction of sp³-hybridized carbons (Fsp3) is 0.174. The van der Waals surface area contributed by atoms with Crippen LogP contribution in [0.3, 0.4) is 0 Å². The zero-order valence-electron chi connectivity index (χ0n) is 17.7. The maximum Gasteiger partial charge on any atom is 0.248 e. The Bertz CT molecular complexity index is 1240. The molecule has 1 N–H and O–H groups in total. The van der Waals surface area contributed by atoms with Crippen molar-refractivity contribution in [3.05, 3.63) is 83.6 Å². The van der Waals surface area contributed by atoms with E-state index < -0.39 is 0 Å². The number of nitrogens with one attached hydrogen (secondary N) is 1. The molecule has 2 aromatic carbocycles. The molecule has 0 spiro atoms. The summed E-state index contributed by atoms with van der Waals surface area (Å²) in [4.78, 5) is 13.9. The van der Waals surface area contributed by atoms with E-state index in [0.717, 1.165) is 22.4 Å². The van der Waals surface area contributed by atoms with Gasteiger partial charge in [0.15, 0.2) is 5.82 Å². The number of rotatable bonds is 7. The second-order valence-corrected chi connectivity index (χ2v) is 7.17. The van der Waals surface area contributed by atoms with Gasteiger partial charge in [-0.2, -0.15) is 9.90 Å². The fourth-order valence-electron chi connectivity index (χ4n) is 3.26. The molecule has 2 heterocycles. The van der Waals surface area contributed by atoms with E-state index in [1.807, 2.05) is 31.2 Å². The minimum absolute atomic E-state index is 0.265. The molecule has 0 atom stereocenters. The molecule has 4 rings (SSSR count). The highest BCUT2D eigenvalue weighted by atomic mass is 19.1. The van der Waals surface area contributed by atoms with Gasteiger partial charge in [0.05, 0.1) is 18.4 Å². The molecular weight excluding hydrogens is 409 g/mol. The summed E-state index contributed by atoms with van der Waals surface area (Å²) in [6.45, 7) is 2.63. The zero-order valence-corrected chi connectivity index (χ0v) is 17.7. The first-order valence-electron chi connectivity index (χ1n) is 10.1. The second kappa shape index (κ2) is 9.34. The molecule has 0 saturated carbocycles. The maximum atomic E-state index is 13.2. The third-order valence-corrected chi connectivity index (χ3v) is 4.86. The van der Waals surface area contributed by atoms with E-state index in [9.17, 15) is 9.18 Å². The molecule has 0 unspecified atom stereocenters. The number of tetrazole rings is 1. The van der Waals surface area contributed by atoms with Crippen molar-refractivity contribution in [2.24, 2.45) is 7.05 Å². The number of anilines is 1. The van der Waals surface area contributed by atoms with Crippen molar-refractivity contribution < 1.29 is 9.18 Å². The lowest BCUT2D eigenvalue weighted by Gasteiger charge is -2.05. The molecule has 8 nitrogen and oxygen atoms in total. The number of hydrogen-bond acceptors (Lipinski definition) is 5. The molecule has 0 aliphatic heterocycles. The fourth-order valence-corrected chi connectivity index (χ4v) is 3.26. The molecule has 2 aromatic heterocycles. The van der Waals surface area contributed by atoms with Gasteiger partial charge in [-0.3, -0.25) is 9.48 Å². The first-order valence-corrected chi connectivity index (χ1v) is 10.1. The van der Waals surface area contributed by atoms with Crippen LogP contribution < -0.4 is 5.32 Å². The number of benzene rings is 2. The predicted molar refractivity (Wildman–Crippen MR) is 119 cm³/mol. The molecule has 0 radical (unpaired) electrons. The third-order valence-electron chi connectivity index (χ3n) is 4.86. The minimum Gasteiger partial charge on any atom is -0.323 e. The standard InChI is InChI=1S/C23H22FN7O/c1-3-31-28-21(27-29-31)14-16-4-11-20(12-5-16)26-22(32)13-8-18-15-25-30(2)23(18)17-6-9-19(24)10-7-17/h4-13,15H,3,14H2,1-2H3,(H,26,32). The molecule has 9 heteroatoms. The molecule has 0 aliphatic carbocycles. The molecule has 0 aliphatic rings. The van der Waals surface area contributed by atoms with E-state index in [4.69, 9.17) is 0 Å². The highest BCUT2D eigenvalue weighted by Gasteiger charge is 2.10. The number of aryl methyl sites for hydroxylation is 2. The number of amides is 1. The number of aromatic nitrogens is 6. The summed E-state index contributed by atoms with van der Waals surface area (Å²) in [6, 6.07) is 13.7. The van der Waals surface area contributed by atoms with Crippen LogP contribution in [0.1, 0.15) is 23.9 Å². The molecule has 0 saturated heterocycles. The van der Waals surface area contributed by atoms with Gasteiger partial charge < -0.3 is 5.32 Å². The largest absolute Gasteiger partial charge is 0.323 e. The first kappa shape index (κ1) is 21.1. The Labute approximate surface area is 184 Å². The van der Waals surface area contributed by atoms with Gasteiger partial charge in [-0.15, -0.1) is 10.2 Å². The van der Waals surface area contributed by atoms with Gasteiger partial charge in [-0.1, -0.05) is 12.1 Å². The van der Waals surface area contributed by atoms with Gasteiger partial charge in [-0.25, -0.2) is 4.39 Å². The van der Waals surface area contributed by atoms with Gasteiger partial charge >= 0.3 is 0 Å². The Morgan fingerprint density at radius 2 is 1.88 bits per heavy atom. The Morgan fingerprint density at radius 3 is 2.56 bits per heavy atom. The van der Waals surface area contributed by atoms with E-state index in [2.05, 4.69) is 25.8 Å². The topological polar surface area (TPSA) is 90.5 Å². The van der Waals surface area contributed by atoms with Crippen LogP contribution in [-0.2, 0) is 24.8 Å². The van der Waals surface area contributed by atoms with Gasteiger partial charge in [0, 0.05) is 36.4 Å². The molecule has 4 aromatic rings. The Hall–Kier alpha value is -4.14. The number of carbonyl (C=O) groups excluding carboxylic acids is 1. The zero-order chi connectivity index (χ0) is 22.5. The second-order valence-electron chi connectivity index (χ2n) is 7.17. The molecule has 0 bridgehead atoms. The van der Waals surface area contributed by atoms with Crippen LogP contribution in [0.4, 0.5) is 10.1 Å². The summed E-state index contributed by atoms with van der Waals surface area (Å²) in [7, 11) is 1.80. The Balaban J connectivity index is 1.40.